The van der Waals surface area contributed by atoms with E-state index in [-0.39, 0.29) is 12.0 Å². The van der Waals surface area contributed by atoms with Crippen molar-refractivity contribution in [3.05, 3.63) is 34.4 Å². The average Bonchev–Trinajstić information content (AvgIpc) is 2.53. The number of fused-ring (bicyclic) bond motifs is 1. The van der Waals surface area contributed by atoms with E-state index in [0.717, 1.165) is 24.4 Å². The summed E-state index contributed by atoms with van der Waals surface area (Å²) in [6, 6.07) is 5.41. The fourth-order valence-electron chi connectivity index (χ4n) is 2.98. The standard InChI is InChI=1S/C17H21ClN2O3/c1-12(21)10-19-4-6-20(7-5-19)17(22)14-8-13-9-15(18)2-3-16(13)23-11-14/h2-3,8-9,12,21H,4-7,10-11H2,1H3/t12-/m0/s1. The van der Waals surface area contributed by atoms with Crippen molar-refractivity contribution in [3.8, 4) is 5.75 Å². The molecule has 1 amide bonds. The van der Waals surface area contributed by atoms with Crippen LogP contribution >= 0.6 is 11.6 Å². The maximum Gasteiger partial charge on any atom is 0.253 e. The van der Waals surface area contributed by atoms with Crippen molar-refractivity contribution >= 4 is 23.6 Å². The molecule has 0 aromatic heterocycles. The zero-order valence-corrected chi connectivity index (χ0v) is 13.9. The summed E-state index contributed by atoms with van der Waals surface area (Å²) in [7, 11) is 0. The highest BCUT2D eigenvalue weighted by molar-refractivity contribution is 6.30. The summed E-state index contributed by atoms with van der Waals surface area (Å²) in [4.78, 5) is 16.7. The molecule has 0 saturated carbocycles. The third kappa shape index (κ3) is 3.86. The topological polar surface area (TPSA) is 53.0 Å². The molecule has 1 aromatic rings. The van der Waals surface area contributed by atoms with Crippen LogP contribution in [0.25, 0.3) is 6.08 Å². The summed E-state index contributed by atoms with van der Waals surface area (Å²) >= 11 is 6.00. The molecule has 1 fully saturated rings. The van der Waals surface area contributed by atoms with E-state index >= 15 is 0 Å². The number of halogens is 1. The van der Waals surface area contributed by atoms with Gasteiger partial charge in [-0.2, -0.15) is 0 Å². The van der Waals surface area contributed by atoms with Gasteiger partial charge in [-0.3, -0.25) is 9.69 Å². The smallest absolute Gasteiger partial charge is 0.253 e. The van der Waals surface area contributed by atoms with Gasteiger partial charge in [0.15, 0.2) is 0 Å². The number of benzene rings is 1. The summed E-state index contributed by atoms with van der Waals surface area (Å²) in [5.41, 5.74) is 1.50. The Hall–Kier alpha value is -1.56. The van der Waals surface area contributed by atoms with E-state index in [9.17, 15) is 9.90 Å². The Morgan fingerprint density at radius 3 is 2.78 bits per heavy atom. The number of nitrogens with zero attached hydrogens (tertiary/aromatic N) is 2. The fourth-order valence-corrected chi connectivity index (χ4v) is 3.16. The van der Waals surface area contributed by atoms with Crippen LogP contribution in [0.15, 0.2) is 23.8 Å². The number of hydrogen-bond acceptors (Lipinski definition) is 4. The predicted molar refractivity (Wildman–Crippen MR) is 89.6 cm³/mol. The van der Waals surface area contributed by atoms with E-state index in [1.807, 2.05) is 23.1 Å². The number of amides is 1. The van der Waals surface area contributed by atoms with E-state index < -0.39 is 0 Å². The molecule has 3 rings (SSSR count). The number of piperazine rings is 1. The molecule has 23 heavy (non-hydrogen) atoms. The minimum Gasteiger partial charge on any atom is -0.488 e. The summed E-state index contributed by atoms with van der Waals surface area (Å²) in [6.45, 7) is 5.64. The first-order chi connectivity index (χ1) is 11.0. The fraction of sp³-hybridized carbons (Fsp3) is 0.471. The molecule has 0 unspecified atom stereocenters. The van der Waals surface area contributed by atoms with Gasteiger partial charge in [-0.05, 0) is 31.2 Å². The van der Waals surface area contributed by atoms with Gasteiger partial charge in [0, 0.05) is 43.3 Å². The summed E-state index contributed by atoms with van der Waals surface area (Å²) < 4.78 is 5.66. The van der Waals surface area contributed by atoms with Crippen molar-refractivity contribution < 1.29 is 14.6 Å². The molecular formula is C17H21ClN2O3. The lowest BCUT2D eigenvalue weighted by Gasteiger charge is -2.36. The van der Waals surface area contributed by atoms with Crippen LogP contribution < -0.4 is 4.74 Å². The number of carbonyl (C=O) groups excluding carboxylic acids is 1. The molecule has 1 aromatic carbocycles. The summed E-state index contributed by atoms with van der Waals surface area (Å²) in [6.07, 6.45) is 1.53. The zero-order valence-electron chi connectivity index (χ0n) is 13.2. The largest absolute Gasteiger partial charge is 0.488 e. The molecule has 0 aliphatic carbocycles. The molecule has 0 bridgehead atoms. The van der Waals surface area contributed by atoms with Gasteiger partial charge in [-0.15, -0.1) is 0 Å². The lowest BCUT2D eigenvalue weighted by Crippen LogP contribution is -2.50. The van der Waals surface area contributed by atoms with Gasteiger partial charge in [0.25, 0.3) is 5.91 Å². The lowest BCUT2D eigenvalue weighted by atomic mass is 10.1. The number of hydrogen-bond donors (Lipinski definition) is 1. The second-order valence-corrected chi connectivity index (χ2v) is 6.52. The van der Waals surface area contributed by atoms with Crippen LogP contribution in [0.1, 0.15) is 12.5 Å². The first-order valence-corrected chi connectivity index (χ1v) is 8.23. The van der Waals surface area contributed by atoms with Gasteiger partial charge in [0.1, 0.15) is 12.4 Å². The molecule has 1 N–H and O–H groups in total. The second-order valence-electron chi connectivity index (χ2n) is 6.08. The number of rotatable bonds is 3. The van der Waals surface area contributed by atoms with E-state index in [1.54, 1.807) is 13.0 Å². The van der Waals surface area contributed by atoms with Gasteiger partial charge >= 0.3 is 0 Å². The van der Waals surface area contributed by atoms with Gasteiger partial charge < -0.3 is 14.7 Å². The first kappa shape index (κ1) is 16.3. The molecule has 124 valence electrons. The third-order valence-electron chi connectivity index (χ3n) is 4.14. The van der Waals surface area contributed by atoms with E-state index in [2.05, 4.69) is 4.90 Å². The Balaban J connectivity index is 1.65. The summed E-state index contributed by atoms with van der Waals surface area (Å²) in [5, 5.41) is 10.1. The highest BCUT2D eigenvalue weighted by atomic mass is 35.5. The zero-order chi connectivity index (χ0) is 16.4. The molecular weight excluding hydrogens is 316 g/mol. The van der Waals surface area contributed by atoms with Crippen molar-refractivity contribution in [2.75, 3.05) is 39.3 Å². The maximum absolute atomic E-state index is 12.7. The Bertz CT molecular complexity index is 622. The molecule has 2 heterocycles. The minimum atomic E-state index is -0.340. The number of aliphatic hydroxyl groups is 1. The number of carbonyl (C=O) groups is 1. The molecule has 6 heteroatoms. The summed E-state index contributed by atoms with van der Waals surface area (Å²) in [5.74, 6) is 0.778. The van der Waals surface area contributed by atoms with Crippen LogP contribution in [0, 0.1) is 0 Å². The van der Waals surface area contributed by atoms with Gasteiger partial charge in [0.2, 0.25) is 0 Å². The number of aliphatic hydroxyl groups excluding tert-OH is 1. The Morgan fingerprint density at radius 2 is 2.09 bits per heavy atom. The van der Waals surface area contributed by atoms with Gasteiger partial charge in [0.05, 0.1) is 11.7 Å². The van der Waals surface area contributed by atoms with Crippen LogP contribution in [0.2, 0.25) is 5.02 Å². The Labute approximate surface area is 141 Å². The van der Waals surface area contributed by atoms with Crippen LogP contribution in [-0.2, 0) is 4.79 Å². The molecule has 2 aliphatic rings. The van der Waals surface area contributed by atoms with Crippen molar-refractivity contribution in [1.29, 1.82) is 0 Å². The number of β-amino-alcohol motifs (C(OH)–C–C–N with tert-alkyl or cyclic N) is 1. The van der Waals surface area contributed by atoms with Crippen molar-refractivity contribution in [2.45, 2.75) is 13.0 Å². The van der Waals surface area contributed by atoms with Crippen LogP contribution in [0.4, 0.5) is 0 Å². The molecule has 5 nitrogen and oxygen atoms in total. The third-order valence-corrected chi connectivity index (χ3v) is 4.38. The van der Waals surface area contributed by atoms with Gasteiger partial charge in [-0.1, -0.05) is 11.6 Å². The van der Waals surface area contributed by atoms with Crippen molar-refractivity contribution in [3.63, 3.8) is 0 Å². The van der Waals surface area contributed by atoms with E-state index in [4.69, 9.17) is 16.3 Å². The minimum absolute atomic E-state index is 0.0207. The molecule has 1 saturated heterocycles. The van der Waals surface area contributed by atoms with E-state index in [1.165, 1.54) is 0 Å². The average molecular weight is 337 g/mol. The normalized spacial score (nSPS) is 19.6. The Kier molecular flexibility index (Phi) is 4.90. The quantitative estimate of drug-likeness (QED) is 0.911. The van der Waals surface area contributed by atoms with Gasteiger partial charge in [-0.25, -0.2) is 0 Å². The predicted octanol–water partition coefficient (Wildman–Crippen LogP) is 1.64. The van der Waals surface area contributed by atoms with Crippen LogP contribution in [0.5, 0.6) is 5.75 Å². The molecule has 0 spiro atoms. The van der Waals surface area contributed by atoms with Crippen molar-refractivity contribution in [2.24, 2.45) is 0 Å². The lowest BCUT2D eigenvalue weighted by molar-refractivity contribution is -0.129. The van der Waals surface area contributed by atoms with Crippen LogP contribution in [0.3, 0.4) is 0 Å². The Morgan fingerprint density at radius 1 is 1.35 bits per heavy atom. The maximum atomic E-state index is 12.7. The second kappa shape index (κ2) is 6.91. The first-order valence-electron chi connectivity index (χ1n) is 7.85. The highest BCUT2D eigenvalue weighted by Gasteiger charge is 2.26. The molecule has 0 radical (unpaired) electrons. The van der Waals surface area contributed by atoms with Crippen LogP contribution in [-0.4, -0.2) is 66.2 Å². The van der Waals surface area contributed by atoms with E-state index in [0.29, 0.717) is 36.8 Å². The number of ether oxygens (including phenoxy) is 1. The van der Waals surface area contributed by atoms with Crippen molar-refractivity contribution in [1.82, 2.24) is 9.80 Å². The monoisotopic (exact) mass is 336 g/mol. The highest BCUT2D eigenvalue weighted by Crippen LogP contribution is 2.29. The molecule has 2 aliphatic heterocycles. The molecule has 1 atom stereocenters. The SMILES string of the molecule is C[C@H](O)CN1CCN(C(=O)C2=Cc3cc(Cl)ccc3OC2)CC1.